The fourth-order valence-electron chi connectivity index (χ4n) is 4.16. The molecule has 32 heavy (non-hydrogen) atoms. The maximum atomic E-state index is 4.97. The average Bonchev–Trinajstić information content (AvgIpc) is 2.88. The van der Waals surface area contributed by atoms with E-state index in [1.165, 1.54) is 0 Å². The summed E-state index contributed by atoms with van der Waals surface area (Å²) in [5.41, 5.74) is 7.25. The highest BCUT2D eigenvalue weighted by molar-refractivity contribution is 5.96. The predicted molar refractivity (Wildman–Crippen MR) is 131 cm³/mol. The molecule has 0 saturated carbocycles. The van der Waals surface area contributed by atoms with E-state index in [1.54, 1.807) is 0 Å². The van der Waals surface area contributed by atoms with Crippen molar-refractivity contribution < 1.29 is 0 Å². The molecule has 0 aliphatic carbocycles. The molecule has 0 radical (unpaired) electrons. The molecule has 0 amide bonds. The van der Waals surface area contributed by atoms with Crippen LogP contribution in [0, 0.1) is 0 Å². The van der Waals surface area contributed by atoms with Crippen LogP contribution in [-0.4, -0.2) is 15.0 Å². The van der Waals surface area contributed by atoms with Gasteiger partial charge < -0.3 is 0 Å². The van der Waals surface area contributed by atoms with Gasteiger partial charge in [0.05, 0.1) is 16.7 Å². The van der Waals surface area contributed by atoms with Gasteiger partial charge in [0, 0.05) is 33.7 Å². The van der Waals surface area contributed by atoms with Crippen LogP contribution in [0.25, 0.3) is 55.6 Å². The van der Waals surface area contributed by atoms with Crippen molar-refractivity contribution in [1.29, 1.82) is 0 Å². The van der Waals surface area contributed by atoms with Gasteiger partial charge in [0.2, 0.25) is 0 Å². The first-order valence-corrected chi connectivity index (χ1v) is 10.6. The number of aromatic nitrogens is 3. The third-order valence-corrected chi connectivity index (χ3v) is 5.74. The van der Waals surface area contributed by atoms with Crippen molar-refractivity contribution >= 4 is 21.8 Å². The molecule has 3 heteroatoms. The molecule has 0 N–H and O–H groups in total. The van der Waals surface area contributed by atoms with E-state index in [2.05, 4.69) is 59.6 Å². The molecular weight excluding hydrogens is 390 g/mol. The summed E-state index contributed by atoms with van der Waals surface area (Å²) >= 11 is 0. The van der Waals surface area contributed by atoms with E-state index < -0.39 is 0 Å². The van der Waals surface area contributed by atoms with E-state index in [4.69, 9.17) is 9.97 Å². The molecule has 4 aromatic carbocycles. The Morgan fingerprint density at radius 2 is 1.25 bits per heavy atom. The van der Waals surface area contributed by atoms with Gasteiger partial charge >= 0.3 is 0 Å². The summed E-state index contributed by atoms with van der Waals surface area (Å²) in [5, 5.41) is 2.19. The molecule has 2 aromatic heterocycles. The van der Waals surface area contributed by atoms with Crippen LogP contribution in [0.2, 0.25) is 0 Å². The minimum atomic E-state index is 0.738. The summed E-state index contributed by atoms with van der Waals surface area (Å²) in [6.07, 6.45) is 1.85. The van der Waals surface area contributed by atoms with Crippen molar-refractivity contribution in [2.24, 2.45) is 0 Å². The van der Waals surface area contributed by atoms with Crippen LogP contribution in [0.4, 0.5) is 0 Å². The molecule has 6 aromatic rings. The second kappa shape index (κ2) is 7.71. The topological polar surface area (TPSA) is 38.7 Å². The zero-order chi connectivity index (χ0) is 21.3. The molecule has 0 aliphatic rings. The van der Waals surface area contributed by atoms with Gasteiger partial charge in [0.25, 0.3) is 0 Å². The van der Waals surface area contributed by atoms with Crippen LogP contribution in [0.1, 0.15) is 0 Å². The van der Waals surface area contributed by atoms with Crippen LogP contribution >= 0.6 is 0 Å². The van der Waals surface area contributed by atoms with E-state index in [-0.39, 0.29) is 0 Å². The van der Waals surface area contributed by atoms with Gasteiger partial charge in [-0.15, -0.1) is 0 Å². The highest BCUT2D eigenvalue weighted by Crippen LogP contribution is 2.32. The highest BCUT2D eigenvalue weighted by atomic mass is 14.9. The Morgan fingerprint density at radius 3 is 2.12 bits per heavy atom. The first-order valence-electron chi connectivity index (χ1n) is 10.6. The Morgan fingerprint density at radius 1 is 0.500 bits per heavy atom. The van der Waals surface area contributed by atoms with Crippen molar-refractivity contribution in [3.63, 3.8) is 0 Å². The zero-order valence-electron chi connectivity index (χ0n) is 17.3. The SMILES string of the molecule is c1ccc(-c2nc(-c3ccc(-c4cccc5cccnc45)cc3)c3ccccc3n2)cc1. The molecule has 150 valence electrons. The molecule has 0 saturated heterocycles. The number of benzene rings is 4. The number of hydrogen-bond acceptors (Lipinski definition) is 3. The Labute approximate surface area is 186 Å². The van der Waals surface area contributed by atoms with Gasteiger partial charge in [-0.25, -0.2) is 9.97 Å². The fourth-order valence-corrected chi connectivity index (χ4v) is 4.16. The van der Waals surface area contributed by atoms with Gasteiger partial charge in [-0.2, -0.15) is 0 Å². The number of para-hydroxylation sites is 2. The van der Waals surface area contributed by atoms with Gasteiger partial charge in [0.15, 0.2) is 5.82 Å². The summed E-state index contributed by atoms with van der Waals surface area (Å²) in [5.74, 6) is 0.738. The molecule has 6 rings (SSSR count). The minimum absolute atomic E-state index is 0.738. The molecule has 0 atom stereocenters. The predicted octanol–water partition coefficient (Wildman–Crippen LogP) is 7.18. The van der Waals surface area contributed by atoms with Crippen LogP contribution in [0.3, 0.4) is 0 Å². The number of fused-ring (bicyclic) bond motifs is 2. The number of hydrogen-bond donors (Lipinski definition) is 0. The molecular formula is C29H19N3. The minimum Gasteiger partial charge on any atom is -0.256 e. The highest BCUT2D eigenvalue weighted by Gasteiger charge is 2.12. The summed E-state index contributed by atoms with van der Waals surface area (Å²) in [7, 11) is 0. The van der Waals surface area contributed by atoms with E-state index in [0.717, 1.165) is 55.6 Å². The maximum absolute atomic E-state index is 4.97. The summed E-state index contributed by atoms with van der Waals surface area (Å²) < 4.78 is 0. The normalized spacial score (nSPS) is 11.1. The van der Waals surface area contributed by atoms with Crippen molar-refractivity contribution in [3.05, 3.63) is 115 Å². The van der Waals surface area contributed by atoms with Gasteiger partial charge in [-0.1, -0.05) is 97.1 Å². The van der Waals surface area contributed by atoms with Crippen LogP contribution in [-0.2, 0) is 0 Å². The zero-order valence-corrected chi connectivity index (χ0v) is 17.3. The standard InChI is InChI=1S/C29H19N3/c1-2-8-23(9-3-1)29-31-26-14-5-4-12-25(26)28(32-29)22-17-15-20(16-18-22)24-13-6-10-21-11-7-19-30-27(21)24/h1-19H. The van der Waals surface area contributed by atoms with E-state index in [1.807, 2.05) is 60.8 Å². The van der Waals surface area contributed by atoms with Crippen LogP contribution < -0.4 is 0 Å². The number of pyridine rings is 1. The monoisotopic (exact) mass is 409 g/mol. The third kappa shape index (κ3) is 3.21. The maximum Gasteiger partial charge on any atom is 0.160 e. The van der Waals surface area contributed by atoms with E-state index in [9.17, 15) is 0 Å². The van der Waals surface area contributed by atoms with Gasteiger partial charge in [0.1, 0.15) is 0 Å². The largest absolute Gasteiger partial charge is 0.256 e. The Bertz CT molecular complexity index is 1550. The molecule has 0 fully saturated rings. The molecule has 0 aliphatic heterocycles. The van der Waals surface area contributed by atoms with Gasteiger partial charge in [-0.05, 0) is 17.7 Å². The Balaban J connectivity index is 1.49. The molecule has 2 heterocycles. The number of nitrogens with zero attached hydrogens (tertiary/aromatic N) is 3. The lowest BCUT2D eigenvalue weighted by atomic mass is 9.99. The third-order valence-electron chi connectivity index (χ3n) is 5.74. The first kappa shape index (κ1) is 18.4. The summed E-state index contributed by atoms with van der Waals surface area (Å²) in [6, 6.07) is 37.3. The lowest BCUT2D eigenvalue weighted by Gasteiger charge is -2.11. The summed E-state index contributed by atoms with van der Waals surface area (Å²) in [6.45, 7) is 0. The van der Waals surface area contributed by atoms with Crippen LogP contribution in [0.5, 0.6) is 0 Å². The quantitative estimate of drug-likeness (QED) is 0.311. The van der Waals surface area contributed by atoms with E-state index in [0.29, 0.717) is 0 Å². The van der Waals surface area contributed by atoms with Crippen LogP contribution in [0.15, 0.2) is 115 Å². The van der Waals surface area contributed by atoms with Crippen molar-refractivity contribution in [2.75, 3.05) is 0 Å². The molecule has 0 spiro atoms. The molecule has 3 nitrogen and oxygen atoms in total. The molecule has 0 bridgehead atoms. The van der Waals surface area contributed by atoms with Crippen molar-refractivity contribution in [1.82, 2.24) is 15.0 Å². The van der Waals surface area contributed by atoms with Crippen molar-refractivity contribution in [3.8, 4) is 33.8 Å². The molecule has 0 unspecified atom stereocenters. The fraction of sp³-hybridized carbons (Fsp3) is 0. The second-order valence-electron chi connectivity index (χ2n) is 7.74. The Kier molecular flexibility index (Phi) is 4.43. The Hall–Kier alpha value is -4.37. The smallest absolute Gasteiger partial charge is 0.160 e. The number of rotatable bonds is 3. The lowest BCUT2D eigenvalue weighted by molar-refractivity contribution is 1.23. The van der Waals surface area contributed by atoms with E-state index >= 15 is 0 Å². The summed E-state index contributed by atoms with van der Waals surface area (Å²) in [4.78, 5) is 14.4. The lowest BCUT2D eigenvalue weighted by Crippen LogP contribution is -1.95. The first-order chi connectivity index (χ1) is 15.9. The second-order valence-corrected chi connectivity index (χ2v) is 7.74. The van der Waals surface area contributed by atoms with Crippen molar-refractivity contribution in [2.45, 2.75) is 0 Å². The average molecular weight is 409 g/mol. The van der Waals surface area contributed by atoms with Gasteiger partial charge in [-0.3, -0.25) is 4.98 Å².